The summed E-state index contributed by atoms with van der Waals surface area (Å²) in [6.07, 6.45) is 0. The van der Waals surface area contributed by atoms with Gasteiger partial charge in [-0.2, -0.15) is 0 Å². The molecule has 1 fully saturated rings. The zero-order valence-electron chi connectivity index (χ0n) is 15.3. The summed E-state index contributed by atoms with van der Waals surface area (Å²) in [5.74, 6) is -0.0529. The zero-order valence-corrected chi connectivity index (χ0v) is 16.9. The predicted molar refractivity (Wildman–Crippen MR) is 109 cm³/mol. The third-order valence-corrected chi connectivity index (χ3v) is 6.22. The average molecular weight is 392 g/mol. The number of nitrogens with zero attached hydrogens (tertiary/aromatic N) is 2. The summed E-state index contributed by atoms with van der Waals surface area (Å²) in [7, 11) is 0. The van der Waals surface area contributed by atoms with Crippen LogP contribution in [0.2, 0.25) is 5.02 Å². The highest BCUT2D eigenvalue weighted by Gasteiger charge is 2.30. The standard InChI is InChI=1S/C20H26ClN3OS/c1-3-23-10-12-24(13-11-23)19(18-5-4-14-26-18)15(2)22-20(25)16-6-8-17(21)9-7-16/h4-9,14-15,19H,3,10-13H2,1-2H3,(H,22,25)/t15-,19-/m1/s1. The third-order valence-electron chi connectivity index (χ3n) is 5.02. The van der Waals surface area contributed by atoms with Crippen LogP contribution in [0.25, 0.3) is 0 Å². The molecule has 1 aliphatic rings. The Bertz CT molecular complexity index is 696. The first-order valence-electron chi connectivity index (χ1n) is 9.14. The van der Waals surface area contributed by atoms with Gasteiger partial charge in [0.1, 0.15) is 0 Å². The van der Waals surface area contributed by atoms with E-state index in [0.717, 1.165) is 32.7 Å². The van der Waals surface area contributed by atoms with Crippen LogP contribution in [0.4, 0.5) is 0 Å². The first-order chi connectivity index (χ1) is 12.6. The molecule has 2 heterocycles. The molecule has 1 aromatic carbocycles. The van der Waals surface area contributed by atoms with Crippen molar-refractivity contribution in [1.82, 2.24) is 15.1 Å². The molecule has 1 aromatic heterocycles. The highest BCUT2D eigenvalue weighted by atomic mass is 35.5. The van der Waals surface area contributed by atoms with Gasteiger partial charge in [-0.3, -0.25) is 9.69 Å². The van der Waals surface area contributed by atoms with Crippen LogP contribution in [-0.4, -0.2) is 54.5 Å². The van der Waals surface area contributed by atoms with Crippen LogP contribution in [0, 0.1) is 0 Å². The van der Waals surface area contributed by atoms with Crippen LogP contribution in [0.1, 0.15) is 35.1 Å². The molecular weight excluding hydrogens is 366 g/mol. The van der Waals surface area contributed by atoms with E-state index in [9.17, 15) is 4.79 Å². The molecule has 1 saturated heterocycles. The van der Waals surface area contributed by atoms with Crippen molar-refractivity contribution in [2.75, 3.05) is 32.7 Å². The van der Waals surface area contributed by atoms with E-state index in [4.69, 9.17) is 11.6 Å². The van der Waals surface area contributed by atoms with Crippen molar-refractivity contribution in [2.24, 2.45) is 0 Å². The molecule has 140 valence electrons. The molecular formula is C20H26ClN3OS. The Morgan fingerprint density at radius 1 is 1.19 bits per heavy atom. The number of likely N-dealkylation sites (N-methyl/N-ethyl adjacent to an activating group) is 1. The maximum absolute atomic E-state index is 12.6. The van der Waals surface area contributed by atoms with Crippen molar-refractivity contribution < 1.29 is 4.79 Å². The van der Waals surface area contributed by atoms with E-state index in [1.807, 2.05) is 0 Å². The second-order valence-corrected chi connectivity index (χ2v) is 8.12. The van der Waals surface area contributed by atoms with Gasteiger partial charge in [0.05, 0.1) is 6.04 Å². The highest BCUT2D eigenvalue weighted by molar-refractivity contribution is 7.10. The molecule has 1 amide bonds. The Hall–Kier alpha value is -1.40. The van der Waals surface area contributed by atoms with E-state index in [1.165, 1.54) is 4.88 Å². The number of halogens is 1. The Kier molecular flexibility index (Phi) is 6.70. The van der Waals surface area contributed by atoms with Crippen molar-refractivity contribution in [3.05, 3.63) is 57.2 Å². The number of piperazine rings is 1. The lowest BCUT2D eigenvalue weighted by molar-refractivity contribution is 0.0753. The topological polar surface area (TPSA) is 35.6 Å². The molecule has 0 unspecified atom stereocenters. The van der Waals surface area contributed by atoms with Gasteiger partial charge in [0.25, 0.3) is 5.91 Å². The van der Waals surface area contributed by atoms with Crippen molar-refractivity contribution in [3.63, 3.8) is 0 Å². The molecule has 3 rings (SSSR count). The van der Waals surface area contributed by atoms with Crippen LogP contribution in [0.3, 0.4) is 0 Å². The lowest BCUT2D eigenvalue weighted by Crippen LogP contribution is -2.52. The maximum Gasteiger partial charge on any atom is 0.251 e. The monoisotopic (exact) mass is 391 g/mol. The largest absolute Gasteiger partial charge is 0.348 e. The van der Waals surface area contributed by atoms with E-state index >= 15 is 0 Å². The minimum absolute atomic E-state index is 0.0185. The summed E-state index contributed by atoms with van der Waals surface area (Å²) >= 11 is 7.68. The summed E-state index contributed by atoms with van der Waals surface area (Å²) in [6.45, 7) is 9.62. The van der Waals surface area contributed by atoms with Gasteiger partial charge in [0, 0.05) is 47.7 Å². The normalized spacial score (nSPS) is 18.4. The number of carbonyl (C=O) groups excluding carboxylic acids is 1. The van der Waals surface area contributed by atoms with E-state index in [0.29, 0.717) is 10.6 Å². The number of carbonyl (C=O) groups is 1. The Labute approximate surface area is 164 Å². The Morgan fingerprint density at radius 2 is 1.88 bits per heavy atom. The van der Waals surface area contributed by atoms with E-state index in [-0.39, 0.29) is 18.0 Å². The molecule has 2 aromatic rings. The SMILES string of the molecule is CCN1CCN([C@@H](c2cccs2)[C@@H](C)NC(=O)c2ccc(Cl)cc2)CC1. The molecule has 0 bridgehead atoms. The second-order valence-electron chi connectivity index (χ2n) is 6.70. The number of nitrogens with one attached hydrogen (secondary N) is 1. The molecule has 6 heteroatoms. The van der Waals surface area contributed by atoms with Crippen LogP contribution in [-0.2, 0) is 0 Å². The van der Waals surface area contributed by atoms with Crippen molar-refractivity contribution >= 4 is 28.8 Å². The first kappa shape index (κ1) is 19.4. The van der Waals surface area contributed by atoms with Gasteiger partial charge >= 0.3 is 0 Å². The maximum atomic E-state index is 12.6. The third kappa shape index (κ3) is 4.65. The molecule has 26 heavy (non-hydrogen) atoms. The quantitative estimate of drug-likeness (QED) is 0.811. The van der Waals surface area contributed by atoms with Crippen molar-refractivity contribution in [1.29, 1.82) is 0 Å². The summed E-state index contributed by atoms with van der Waals surface area (Å²) < 4.78 is 0. The smallest absolute Gasteiger partial charge is 0.251 e. The number of thiophene rings is 1. The van der Waals surface area contributed by atoms with Crippen molar-refractivity contribution in [3.8, 4) is 0 Å². The Morgan fingerprint density at radius 3 is 2.46 bits per heavy atom. The molecule has 0 aliphatic carbocycles. The van der Waals surface area contributed by atoms with Crippen LogP contribution in [0.15, 0.2) is 41.8 Å². The van der Waals surface area contributed by atoms with Gasteiger partial charge in [-0.25, -0.2) is 0 Å². The fourth-order valence-corrected chi connectivity index (χ4v) is 4.62. The zero-order chi connectivity index (χ0) is 18.5. The summed E-state index contributed by atoms with van der Waals surface area (Å²) in [5.41, 5.74) is 0.641. The molecule has 1 aliphatic heterocycles. The number of benzene rings is 1. The minimum atomic E-state index is -0.0529. The number of hydrogen-bond acceptors (Lipinski definition) is 4. The fraction of sp³-hybridized carbons (Fsp3) is 0.450. The van der Waals surface area contributed by atoms with Crippen LogP contribution < -0.4 is 5.32 Å². The van der Waals surface area contributed by atoms with E-state index in [1.54, 1.807) is 35.6 Å². The van der Waals surface area contributed by atoms with Crippen molar-refractivity contribution in [2.45, 2.75) is 25.9 Å². The molecule has 2 atom stereocenters. The molecule has 0 saturated carbocycles. The summed E-state index contributed by atoms with van der Waals surface area (Å²) in [5, 5.41) is 5.94. The molecule has 0 radical (unpaired) electrons. The molecule has 1 N–H and O–H groups in total. The molecule has 0 spiro atoms. The average Bonchev–Trinajstić information content (AvgIpc) is 3.17. The Balaban J connectivity index is 1.72. The molecule has 4 nitrogen and oxygen atoms in total. The number of hydrogen-bond donors (Lipinski definition) is 1. The van der Waals surface area contributed by atoms with Gasteiger partial charge in [-0.05, 0) is 49.2 Å². The van der Waals surface area contributed by atoms with Gasteiger partial charge in [-0.15, -0.1) is 11.3 Å². The fourth-order valence-electron chi connectivity index (χ4n) is 3.53. The predicted octanol–water partition coefficient (Wildman–Crippen LogP) is 3.90. The lowest BCUT2D eigenvalue weighted by Gasteiger charge is -2.41. The number of rotatable bonds is 6. The van der Waals surface area contributed by atoms with Gasteiger partial charge in [0.15, 0.2) is 0 Å². The van der Waals surface area contributed by atoms with Crippen LogP contribution in [0.5, 0.6) is 0 Å². The number of amides is 1. The lowest BCUT2D eigenvalue weighted by atomic mass is 10.0. The van der Waals surface area contributed by atoms with Crippen LogP contribution >= 0.6 is 22.9 Å². The summed E-state index contributed by atoms with van der Waals surface area (Å²) in [6, 6.07) is 11.5. The highest BCUT2D eigenvalue weighted by Crippen LogP contribution is 2.29. The van der Waals surface area contributed by atoms with Gasteiger partial charge < -0.3 is 10.2 Å². The van der Waals surface area contributed by atoms with E-state index in [2.05, 4.69) is 46.5 Å². The summed E-state index contributed by atoms with van der Waals surface area (Å²) in [4.78, 5) is 18.9. The first-order valence-corrected chi connectivity index (χ1v) is 10.4. The van der Waals surface area contributed by atoms with Gasteiger partial charge in [0.2, 0.25) is 0 Å². The minimum Gasteiger partial charge on any atom is -0.348 e. The second kappa shape index (κ2) is 9.00. The van der Waals surface area contributed by atoms with Gasteiger partial charge in [-0.1, -0.05) is 24.6 Å². The van der Waals surface area contributed by atoms with E-state index < -0.39 is 0 Å².